The molecule has 0 spiro atoms. The Morgan fingerprint density at radius 1 is 1.29 bits per heavy atom. The van der Waals surface area contributed by atoms with Gasteiger partial charge in [0.15, 0.2) is 0 Å². The van der Waals surface area contributed by atoms with Crippen molar-refractivity contribution in [1.82, 2.24) is 5.43 Å². The zero-order valence-electron chi connectivity index (χ0n) is 11.0. The minimum atomic E-state index is -0.349. The maximum absolute atomic E-state index is 11.3. The fraction of sp³-hybridized carbons (Fsp3) is 0.0667. The highest BCUT2D eigenvalue weighted by atomic mass is 35.5. The standard InChI is InChI=1S/C15H12ClN3O2/c16-13-7-11(8-17)3-6-14(13)21-9-10-1-4-12(5-2-10)15(20)19-18/h1-7H,9,18H2,(H,19,20). The molecule has 0 aromatic heterocycles. The Morgan fingerprint density at radius 2 is 2.00 bits per heavy atom. The average Bonchev–Trinajstić information content (AvgIpc) is 2.53. The molecule has 21 heavy (non-hydrogen) atoms. The maximum atomic E-state index is 11.3. The van der Waals surface area contributed by atoms with E-state index in [4.69, 9.17) is 27.4 Å². The molecule has 0 saturated carbocycles. The van der Waals surface area contributed by atoms with Gasteiger partial charge in [0, 0.05) is 5.56 Å². The van der Waals surface area contributed by atoms with E-state index in [1.807, 2.05) is 6.07 Å². The third-order valence-corrected chi connectivity index (χ3v) is 3.10. The molecule has 0 aliphatic heterocycles. The van der Waals surface area contributed by atoms with Gasteiger partial charge in [0.05, 0.1) is 16.7 Å². The number of hydrogen-bond acceptors (Lipinski definition) is 4. The van der Waals surface area contributed by atoms with E-state index in [9.17, 15) is 4.79 Å². The molecule has 0 unspecified atom stereocenters. The summed E-state index contributed by atoms with van der Waals surface area (Å²) in [5.74, 6) is 5.21. The van der Waals surface area contributed by atoms with Crippen LogP contribution >= 0.6 is 11.6 Å². The van der Waals surface area contributed by atoms with E-state index in [-0.39, 0.29) is 5.91 Å². The largest absolute Gasteiger partial charge is 0.487 e. The van der Waals surface area contributed by atoms with E-state index in [0.717, 1.165) is 5.56 Å². The number of hydrazine groups is 1. The number of amides is 1. The van der Waals surface area contributed by atoms with E-state index < -0.39 is 0 Å². The van der Waals surface area contributed by atoms with Gasteiger partial charge in [-0.15, -0.1) is 0 Å². The van der Waals surface area contributed by atoms with Crippen molar-refractivity contribution >= 4 is 17.5 Å². The van der Waals surface area contributed by atoms with Crippen LogP contribution in [0.2, 0.25) is 5.02 Å². The first-order valence-corrected chi connectivity index (χ1v) is 6.44. The molecule has 3 N–H and O–H groups in total. The zero-order chi connectivity index (χ0) is 15.2. The van der Waals surface area contributed by atoms with Crippen LogP contribution in [0.15, 0.2) is 42.5 Å². The predicted molar refractivity (Wildman–Crippen MR) is 78.6 cm³/mol. The third-order valence-electron chi connectivity index (χ3n) is 2.80. The van der Waals surface area contributed by atoms with Crippen LogP contribution < -0.4 is 16.0 Å². The summed E-state index contributed by atoms with van der Waals surface area (Å²) in [4.78, 5) is 11.3. The van der Waals surface area contributed by atoms with Crippen LogP contribution in [0.3, 0.4) is 0 Å². The molecular formula is C15H12ClN3O2. The molecule has 5 nitrogen and oxygen atoms in total. The number of carbonyl (C=O) groups is 1. The average molecular weight is 302 g/mol. The number of rotatable bonds is 4. The van der Waals surface area contributed by atoms with Gasteiger partial charge in [0.25, 0.3) is 5.91 Å². The molecule has 2 aromatic carbocycles. The molecular weight excluding hydrogens is 290 g/mol. The summed E-state index contributed by atoms with van der Waals surface area (Å²) in [7, 11) is 0. The highest BCUT2D eigenvalue weighted by molar-refractivity contribution is 6.32. The zero-order valence-corrected chi connectivity index (χ0v) is 11.7. The van der Waals surface area contributed by atoms with Gasteiger partial charge in [0.1, 0.15) is 12.4 Å². The molecule has 0 bridgehead atoms. The third kappa shape index (κ3) is 3.72. The second-order valence-corrected chi connectivity index (χ2v) is 4.62. The highest BCUT2D eigenvalue weighted by Crippen LogP contribution is 2.26. The van der Waals surface area contributed by atoms with Crippen molar-refractivity contribution in [3.8, 4) is 11.8 Å². The number of nitrogens with zero attached hydrogens (tertiary/aromatic N) is 1. The van der Waals surface area contributed by atoms with Crippen molar-refractivity contribution in [2.24, 2.45) is 5.84 Å². The molecule has 0 heterocycles. The second kappa shape index (κ2) is 6.75. The van der Waals surface area contributed by atoms with Crippen molar-refractivity contribution in [3.63, 3.8) is 0 Å². The summed E-state index contributed by atoms with van der Waals surface area (Å²) in [6.45, 7) is 0.302. The summed E-state index contributed by atoms with van der Waals surface area (Å²) < 4.78 is 5.58. The predicted octanol–water partition coefficient (Wildman–Crippen LogP) is 2.39. The van der Waals surface area contributed by atoms with Crippen molar-refractivity contribution in [2.75, 3.05) is 0 Å². The van der Waals surface area contributed by atoms with Gasteiger partial charge >= 0.3 is 0 Å². The van der Waals surface area contributed by atoms with Crippen LogP contribution in [0.4, 0.5) is 0 Å². The van der Waals surface area contributed by atoms with Crippen molar-refractivity contribution in [1.29, 1.82) is 5.26 Å². The van der Waals surface area contributed by atoms with Gasteiger partial charge in [-0.3, -0.25) is 10.2 Å². The van der Waals surface area contributed by atoms with Gasteiger partial charge in [-0.1, -0.05) is 23.7 Å². The molecule has 0 atom stereocenters. The highest BCUT2D eigenvalue weighted by Gasteiger charge is 2.05. The number of benzene rings is 2. The summed E-state index contributed by atoms with van der Waals surface area (Å²) in [6.07, 6.45) is 0. The van der Waals surface area contributed by atoms with E-state index >= 15 is 0 Å². The van der Waals surface area contributed by atoms with E-state index in [1.165, 1.54) is 0 Å². The van der Waals surface area contributed by atoms with E-state index in [1.54, 1.807) is 42.5 Å². The summed E-state index contributed by atoms with van der Waals surface area (Å²) in [5, 5.41) is 9.14. The Hall–Kier alpha value is -2.55. The lowest BCUT2D eigenvalue weighted by Crippen LogP contribution is -2.29. The lowest BCUT2D eigenvalue weighted by Gasteiger charge is -2.08. The minimum absolute atomic E-state index is 0.302. The summed E-state index contributed by atoms with van der Waals surface area (Å²) in [6, 6.07) is 13.7. The Kier molecular flexibility index (Phi) is 4.77. The number of halogens is 1. The van der Waals surface area contributed by atoms with Gasteiger partial charge < -0.3 is 4.74 Å². The van der Waals surface area contributed by atoms with E-state index in [2.05, 4.69) is 5.43 Å². The number of nitrogens with two attached hydrogens (primary N) is 1. The van der Waals surface area contributed by atoms with Gasteiger partial charge in [-0.25, -0.2) is 5.84 Å². The van der Waals surface area contributed by atoms with Crippen LogP contribution in [-0.4, -0.2) is 5.91 Å². The first kappa shape index (κ1) is 14.9. The molecule has 6 heteroatoms. The van der Waals surface area contributed by atoms with Gasteiger partial charge in [-0.05, 0) is 35.9 Å². The van der Waals surface area contributed by atoms with E-state index in [0.29, 0.717) is 28.5 Å². The molecule has 0 radical (unpaired) electrons. The van der Waals surface area contributed by atoms with Gasteiger partial charge in [-0.2, -0.15) is 5.26 Å². The van der Waals surface area contributed by atoms with Crippen LogP contribution in [0.1, 0.15) is 21.5 Å². The Labute approximate surface area is 126 Å². The van der Waals surface area contributed by atoms with Crippen LogP contribution in [0, 0.1) is 11.3 Å². The number of nitrogen functional groups attached to an aromatic ring is 1. The molecule has 1 amide bonds. The normalized spacial score (nSPS) is 9.76. The first-order valence-electron chi connectivity index (χ1n) is 6.06. The monoisotopic (exact) mass is 301 g/mol. The lowest BCUT2D eigenvalue weighted by molar-refractivity contribution is 0.0953. The Balaban J connectivity index is 2.03. The summed E-state index contributed by atoms with van der Waals surface area (Å²) in [5.41, 5.74) is 3.89. The molecule has 0 aliphatic rings. The molecule has 2 rings (SSSR count). The Bertz CT molecular complexity index is 693. The summed E-state index contributed by atoms with van der Waals surface area (Å²) >= 11 is 6.02. The minimum Gasteiger partial charge on any atom is -0.487 e. The molecule has 0 saturated heterocycles. The first-order chi connectivity index (χ1) is 10.1. The number of nitriles is 1. The smallest absolute Gasteiger partial charge is 0.265 e. The van der Waals surface area contributed by atoms with Crippen LogP contribution in [-0.2, 0) is 6.61 Å². The topological polar surface area (TPSA) is 88.1 Å². The maximum Gasteiger partial charge on any atom is 0.265 e. The molecule has 0 aliphatic carbocycles. The quantitative estimate of drug-likeness (QED) is 0.515. The number of carbonyl (C=O) groups excluding carboxylic acids is 1. The molecule has 0 fully saturated rings. The van der Waals surface area contributed by atoms with Crippen LogP contribution in [0.5, 0.6) is 5.75 Å². The number of nitrogens with one attached hydrogen (secondary N) is 1. The fourth-order valence-electron chi connectivity index (χ4n) is 1.68. The van der Waals surface area contributed by atoms with Crippen molar-refractivity contribution in [3.05, 3.63) is 64.2 Å². The Morgan fingerprint density at radius 3 is 2.57 bits per heavy atom. The van der Waals surface area contributed by atoms with Crippen molar-refractivity contribution in [2.45, 2.75) is 6.61 Å². The molecule has 106 valence electrons. The second-order valence-electron chi connectivity index (χ2n) is 4.22. The van der Waals surface area contributed by atoms with Crippen molar-refractivity contribution < 1.29 is 9.53 Å². The SMILES string of the molecule is N#Cc1ccc(OCc2ccc(C(=O)NN)cc2)c(Cl)c1. The van der Waals surface area contributed by atoms with Gasteiger partial charge in [0.2, 0.25) is 0 Å². The molecule has 2 aromatic rings. The number of ether oxygens (including phenoxy) is 1. The lowest BCUT2D eigenvalue weighted by atomic mass is 10.1. The fourth-order valence-corrected chi connectivity index (χ4v) is 1.92. The number of hydrogen-bond donors (Lipinski definition) is 2. The van der Waals surface area contributed by atoms with Crippen LogP contribution in [0.25, 0.3) is 0 Å².